The van der Waals surface area contributed by atoms with Gasteiger partial charge < -0.3 is 9.47 Å². The first kappa shape index (κ1) is 17.8. The molecule has 0 bridgehead atoms. The lowest BCUT2D eigenvalue weighted by atomic mass is 10.0. The molecule has 1 aliphatic rings. The molecule has 1 heterocycles. The molecule has 0 unspecified atom stereocenters. The Balaban J connectivity index is 1.45. The van der Waals surface area contributed by atoms with Crippen LogP contribution in [0.5, 0.6) is 11.5 Å². The number of rotatable bonds is 4. The number of nitrogens with zero attached hydrogens (tertiary/aromatic N) is 1. The number of hydrogen-bond donors (Lipinski definition) is 1. The van der Waals surface area contributed by atoms with Crippen LogP contribution in [-0.2, 0) is 0 Å². The summed E-state index contributed by atoms with van der Waals surface area (Å²) < 4.78 is 11.0. The molecule has 0 radical (unpaired) electrons. The molecule has 0 saturated carbocycles. The number of fused-ring (bicyclic) bond motifs is 1. The van der Waals surface area contributed by atoms with E-state index in [4.69, 9.17) is 9.47 Å². The third kappa shape index (κ3) is 3.88. The fourth-order valence-electron chi connectivity index (χ4n) is 2.98. The van der Waals surface area contributed by atoms with Gasteiger partial charge in [0, 0.05) is 5.56 Å². The Morgan fingerprint density at radius 2 is 1.46 bits per heavy atom. The minimum absolute atomic E-state index is 0.294. The normalized spacial score (nSPS) is 13.1. The first-order valence-corrected chi connectivity index (χ1v) is 9.11. The van der Waals surface area contributed by atoms with Crippen LogP contribution in [0.15, 0.2) is 77.9 Å². The molecule has 4 rings (SSSR count). The highest BCUT2D eigenvalue weighted by Crippen LogP contribution is 2.30. The molecule has 5 nitrogen and oxygen atoms in total. The highest BCUT2D eigenvalue weighted by Gasteiger charge is 2.14. The van der Waals surface area contributed by atoms with Crippen molar-refractivity contribution in [1.82, 2.24) is 5.43 Å². The highest BCUT2D eigenvalue weighted by molar-refractivity contribution is 6.01. The van der Waals surface area contributed by atoms with Gasteiger partial charge in [-0.05, 0) is 41.8 Å². The maximum absolute atomic E-state index is 12.4. The molecule has 0 aromatic heterocycles. The molecule has 0 saturated heterocycles. The van der Waals surface area contributed by atoms with Gasteiger partial charge in [0.05, 0.1) is 5.71 Å². The second kappa shape index (κ2) is 7.96. The first-order valence-electron chi connectivity index (χ1n) is 9.11. The summed E-state index contributed by atoms with van der Waals surface area (Å²) in [5.41, 5.74) is 7.05. The van der Waals surface area contributed by atoms with E-state index in [0.717, 1.165) is 22.4 Å². The Morgan fingerprint density at radius 1 is 0.821 bits per heavy atom. The lowest BCUT2D eigenvalue weighted by Crippen LogP contribution is -2.20. The fourth-order valence-corrected chi connectivity index (χ4v) is 2.98. The van der Waals surface area contributed by atoms with E-state index < -0.39 is 0 Å². The van der Waals surface area contributed by atoms with Gasteiger partial charge in [0.15, 0.2) is 11.5 Å². The van der Waals surface area contributed by atoms with E-state index in [1.54, 1.807) is 18.2 Å². The fraction of sp³-hybridized carbons (Fsp3) is 0.130. The summed E-state index contributed by atoms with van der Waals surface area (Å²) in [7, 11) is 0. The van der Waals surface area contributed by atoms with Crippen molar-refractivity contribution < 1.29 is 14.3 Å². The number of amides is 1. The predicted molar refractivity (Wildman–Crippen MR) is 109 cm³/mol. The molecular weight excluding hydrogens is 352 g/mol. The summed E-state index contributed by atoms with van der Waals surface area (Å²) in [5.74, 6) is 0.939. The standard InChI is InChI=1S/C23H20N2O3/c1-16(17-7-9-19(10-8-17)18-5-3-2-4-6-18)24-25-23(26)20-11-12-21-22(15-20)28-14-13-27-21/h2-12,15H,13-14H2,1H3,(H,25,26)/b24-16-. The van der Waals surface area contributed by atoms with Gasteiger partial charge in [-0.25, -0.2) is 5.43 Å². The number of nitrogens with one attached hydrogen (secondary N) is 1. The van der Waals surface area contributed by atoms with Crippen molar-refractivity contribution in [1.29, 1.82) is 0 Å². The molecule has 140 valence electrons. The van der Waals surface area contributed by atoms with Crippen molar-refractivity contribution in [3.8, 4) is 22.6 Å². The van der Waals surface area contributed by atoms with E-state index in [9.17, 15) is 4.79 Å². The van der Waals surface area contributed by atoms with E-state index >= 15 is 0 Å². The Kier molecular flexibility index (Phi) is 5.06. The number of hydrogen-bond acceptors (Lipinski definition) is 4. The number of benzene rings is 3. The Hall–Kier alpha value is -3.60. The molecule has 3 aromatic carbocycles. The predicted octanol–water partition coefficient (Wildman–Crippen LogP) is 4.28. The van der Waals surface area contributed by atoms with Gasteiger partial charge in [-0.15, -0.1) is 0 Å². The van der Waals surface area contributed by atoms with Crippen LogP contribution >= 0.6 is 0 Å². The molecule has 1 N–H and O–H groups in total. The monoisotopic (exact) mass is 372 g/mol. The molecule has 3 aromatic rings. The maximum atomic E-state index is 12.4. The largest absolute Gasteiger partial charge is 0.486 e. The van der Waals surface area contributed by atoms with Crippen LogP contribution in [0.3, 0.4) is 0 Å². The van der Waals surface area contributed by atoms with Gasteiger partial charge in [-0.2, -0.15) is 5.10 Å². The summed E-state index contributed by atoms with van der Waals surface area (Å²) in [5, 5.41) is 4.23. The van der Waals surface area contributed by atoms with Crippen molar-refractivity contribution in [2.24, 2.45) is 5.10 Å². The summed E-state index contributed by atoms with van der Waals surface area (Å²) in [6, 6.07) is 23.4. The molecule has 0 aliphatic carbocycles. The van der Waals surface area contributed by atoms with E-state index in [-0.39, 0.29) is 5.91 Å². The second-order valence-electron chi connectivity index (χ2n) is 6.44. The smallest absolute Gasteiger partial charge is 0.271 e. The number of carbonyl (C=O) groups is 1. The molecule has 0 fully saturated rings. The zero-order valence-corrected chi connectivity index (χ0v) is 15.5. The van der Waals surface area contributed by atoms with Gasteiger partial charge >= 0.3 is 0 Å². The third-order valence-corrected chi connectivity index (χ3v) is 4.54. The average Bonchev–Trinajstić information content (AvgIpc) is 2.77. The molecule has 1 aliphatic heterocycles. The lowest BCUT2D eigenvalue weighted by molar-refractivity contribution is 0.0953. The van der Waals surface area contributed by atoms with Gasteiger partial charge in [0.1, 0.15) is 13.2 Å². The van der Waals surface area contributed by atoms with Crippen molar-refractivity contribution in [3.05, 3.63) is 83.9 Å². The molecule has 0 spiro atoms. The summed E-state index contributed by atoms with van der Waals surface area (Å²) in [6.07, 6.45) is 0. The maximum Gasteiger partial charge on any atom is 0.271 e. The van der Waals surface area contributed by atoms with Crippen LogP contribution in [0.4, 0.5) is 0 Å². The summed E-state index contributed by atoms with van der Waals surface area (Å²) in [6.45, 7) is 2.86. The van der Waals surface area contributed by atoms with Crippen molar-refractivity contribution >= 4 is 11.6 Å². The van der Waals surface area contributed by atoms with E-state index in [1.165, 1.54) is 0 Å². The topological polar surface area (TPSA) is 59.9 Å². The quantitative estimate of drug-likeness (QED) is 0.549. The number of hydrazone groups is 1. The minimum Gasteiger partial charge on any atom is -0.486 e. The van der Waals surface area contributed by atoms with Crippen LogP contribution in [0.25, 0.3) is 11.1 Å². The number of carbonyl (C=O) groups excluding carboxylic acids is 1. The van der Waals surface area contributed by atoms with Gasteiger partial charge in [0.25, 0.3) is 5.91 Å². The Labute approximate surface area is 163 Å². The zero-order valence-electron chi connectivity index (χ0n) is 15.5. The Morgan fingerprint density at radius 3 is 2.21 bits per heavy atom. The molecular formula is C23H20N2O3. The molecule has 0 atom stereocenters. The molecule has 28 heavy (non-hydrogen) atoms. The third-order valence-electron chi connectivity index (χ3n) is 4.54. The summed E-state index contributed by atoms with van der Waals surface area (Å²) >= 11 is 0. The van der Waals surface area contributed by atoms with Crippen LogP contribution in [0.1, 0.15) is 22.8 Å². The first-order chi connectivity index (χ1) is 13.7. The molecule has 5 heteroatoms. The lowest BCUT2D eigenvalue weighted by Gasteiger charge is -2.18. The highest BCUT2D eigenvalue weighted by atomic mass is 16.6. The summed E-state index contributed by atoms with van der Waals surface area (Å²) in [4.78, 5) is 12.4. The van der Waals surface area contributed by atoms with Gasteiger partial charge in [-0.1, -0.05) is 54.6 Å². The van der Waals surface area contributed by atoms with Crippen LogP contribution in [0.2, 0.25) is 0 Å². The number of ether oxygens (including phenoxy) is 2. The van der Waals surface area contributed by atoms with Crippen LogP contribution in [-0.4, -0.2) is 24.8 Å². The van der Waals surface area contributed by atoms with E-state index in [1.807, 2.05) is 49.4 Å². The second-order valence-corrected chi connectivity index (χ2v) is 6.44. The van der Waals surface area contributed by atoms with Crippen molar-refractivity contribution in [2.45, 2.75) is 6.92 Å². The Bertz CT molecular complexity index is 1010. The van der Waals surface area contributed by atoms with Crippen LogP contribution in [0, 0.1) is 0 Å². The van der Waals surface area contributed by atoms with Crippen LogP contribution < -0.4 is 14.9 Å². The average molecular weight is 372 g/mol. The van der Waals surface area contributed by atoms with E-state index in [0.29, 0.717) is 30.3 Å². The zero-order chi connectivity index (χ0) is 19.3. The SMILES string of the molecule is C/C(=N/NC(=O)c1ccc2c(c1)OCCO2)c1ccc(-c2ccccc2)cc1. The minimum atomic E-state index is -0.294. The van der Waals surface area contributed by atoms with Gasteiger partial charge in [0.2, 0.25) is 0 Å². The molecule has 1 amide bonds. The van der Waals surface area contributed by atoms with Crippen molar-refractivity contribution in [3.63, 3.8) is 0 Å². The van der Waals surface area contributed by atoms with Crippen molar-refractivity contribution in [2.75, 3.05) is 13.2 Å². The van der Waals surface area contributed by atoms with Gasteiger partial charge in [-0.3, -0.25) is 4.79 Å². The van der Waals surface area contributed by atoms with E-state index in [2.05, 4.69) is 22.7 Å².